The zero-order valence-electron chi connectivity index (χ0n) is 8.28. The van der Waals surface area contributed by atoms with Crippen molar-refractivity contribution in [1.82, 2.24) is 4.90 Å². The van der Waals surface area contributed by atoms with Crippen molar-refractivity contribution in [3.63, 3.8) is 0 Å². The second-order valence-corrected chi connectivity index (χ2v) is 3.43. The van der Waals surface area contributed by atoms with Crippen molar-refractivity contribution in [2.45, 2.75) is 19.8 Å². The van der Waals surface area contributed by atoms with E-state index in [9.17, 15) is 4.79 Å². The molecule has 3 nitrogen and oxygen atoms in total. The highest BCUT2D eigenvalue weighted by atomic mass is 35.5. The van der Waals surface area contributed by atoms with Gasteiger partial charge in [0.05, 0.1) is 13.0 Å². The Bertz CT molecular complexity index is 158. The molecule has 78 valence electrons. The molecule has 0 radical (unpaired) electrons. The molecule has 1 unspecified atom stereocenters. The van der Waals surface area contributed by atoms with E-state index in [-0.39, 0.29) is 24.3 Å². The lowest BCUT2D eigenvalue weighted by atomic mass is 10.2. The molecule has 0 amide bonds. The Morgan fingerprint density at radius 2 is 2.00 bits per heavy atom. The molecule has 0 bridgehead atoms. The summed E-state index contributed by atoms with van der Waals surface area (Å²) in [7, 11) is 1.45. The van der Waals surface area contributed by atoms with Gasteiger partial charge in [-0.15, -0.1) is 12.4 Å². The molecule has 1 aliphatic heterocycles. The predicted octanol–water partition coefficient (Wildman–Crippen LogP) is 1.31. The number of likely N-dealkylation sites (tertiary alicyclic amines) is 1. The van der Waals surface area contributed by atoms with Crippen LogP contribution in [0.3, 0.4) is 0 Å². The smallest absolute Gasteiger partial charge is 0.309 e. The number of hydrogen-bond acceptors (Lipinski definition) is 3. The molecule has 0 spiro atoms. The van der Waals surface area contributed by atoms with E-state index in [1.54, 1.807) is 0 Å². The molecular weight excluding hydrogens is 190 g/mol. The first-order valence-corrected chi connectivity index (χ1v) is 4.54. The molecule has 0 aromatic heterocycles. The molecule has 1 heterocycles. The van der Waals surface area contributed by atoms with Crippen LogP contribution in [-0.4, -0.2) is 37.6 Å². The normalized spacial score (nSPS) is 19.2. The monoisotopic (exact) mass is 207 g/mol. The van der Waals surface area contributed by atoms with E-state index >= 15 is 0 Å². The summed E-state index contributed by atoms with van der Waals surface area (Å²) in [6.45, 7) is 5.06. The van der Waals surface area contributed by atoms with Gasteiger partial charge >= 0.3 is 5.97 Å². The predicted molar refractivity (Wildman–Crippen MR) is 54.1 cm³/mol. The largest absolute Gasteiger partial charge is 0.469 e. The molecule has 0 aromatic rings. The van der Waals surface area contributed by atoms with Crippen molar-refractivity contribution in [3.8, 4) is 0 Å². The summed E-state index contributed by atoms with van der Waals surface area (Å²) in [6, 6.07) is 0. The number of rotatable bonds is 3. The molecule has 1 fully saturated rings. The summed E-state index contributed by atoms with van der Waals surface area (Å²) in [5, 5.41) is 0. The van der Waals surface area contributed by atoms with Crippen molar-refractivity contribution >= 4 is 18.4 Å². The zero-order chi connectivity index (χ0) is 8.97. The summed E-state index contributed by atoms with van der Waals surface area (Å²) in [5.74, 6) is -0.0741. The van der Waals surface area contributed by atoms with Gasteiger partial charge in [-0.3, -0.25) is 4.79 Å². The Hall–Kier alpha value is -0.280. The molecule has 0 N–H and O–H groups in total. The summed E-state index contributed by atoms with van der Waals surface area (Å²) in [5.41, 5.74) is 0. The minimum Gasteiger partial charge on any atom is -0.469 e. The fourth-order valence-electron chi connectivity index (χ4n) is 1.63. The quantitative estimate of drug-likeness (QED) is 0.654. The average molecular weight is 208 g/mol. The van der Waals surface area contributed by atoms with Crippen LogP contribution in [0.25, 0.3) is 0 Å². The summed E-state index contributed by atoms with van der Waals surface area (Å²) >= 11 is 0. The Morgan fingerprint density at radius 3 is 2.46 bits per heavy atom. The first-order valence-electron chi connectivity index (χ1n) is 4.54. The number of methoxy groups -OCH3 is 1. The third kappa shape index (κ3) is 3.96. The zero-order valence-corrected chi connectivity index (χ0v) is 9.10. The van der Waals surface area contributed by atoms with Crippen molar-refractivity contribution in [3.05, 3.63) is 0 Å². The number of hydrogen-bond donors (Lipinski definition) is 0. The van der Waals surface area contributed by atoms with Gasteiger partial charge in [0.25, 0.3) is 0 Å². The van der Waals surface area contributed by atoms with Crippen LogP contribution in [0.2, 0.25) is 0 Å². The second kappa shape index (κ2) is 6.22. The van der Waals surface area contributed by atoms with Gasteiger partial charge in [-0.1, -0.05) is 6.92 Å². The van der Waals surface area contributed by atoms with Gasteiger partial charge in [0.2, 0.25) is 0 Å². The van der Waals surface area contributed by atoms with Crippen molar-refractivity contribution in [1.29, 1.82) is 0 Å². The lowest BCUT2D eigenvalue weighted by Crippen LogP contribution is -2.30. The van der Waals surface area contributed by atoms with E-state index in [0.717, 1.165) is 19.6 Å². The molecule has 1 saturated heterocycles. The third-order valence-corrected chi connectivity index (χ3v) is 2.33. The van der Waals surface area contributed by atoms with Crippen molar-refractivity contribution in [2.24, 2.45) is 5.92 Å². The molecule has 0 saturated carbocycles. The van der Waals surface area contributed by atoms with Crippen molar-refractivity contribution in [2.75, 3.05) is 26.7 Å². The van der Waals surface area contributed by atoms with E-state index < -0.39 is 0 Å². The number of esters is 1. The lowest BCUT2D eigenvalue weighted by molar-refractivity contribution is -0.145. The first-order chi connectivity index (χ1) is 5.74. The minimum atomic E-state index is -0.0955. The van der Waals surface area contributed by atoms with Gasteiger partial charge < -0.3 is 9.64 Å². The van der Waals surface area contributed by atoms with Crippen LogP contribution in [-0.2, 0) is 9.53 Å². The molecule has 0 aromatic carbocycles. The summed E-state index contributed by atoms with van der Waals surface area (Å²) < 4.78 is 4.66. The van der Waals surface area contributed by atoms with Gasteiger partial charge in [0.15, 0.2) is 0 Å². The highest BCUT2D eigenvalue weighted by Crippen LogP contribution is 2.10. The number of halogens is 1. The van der Waals surface area contributed by atoms with Gasteiger partial charge in [-0.2, -0.15) is 0 Å². The number of carbonyl (C=O) groups excluding carboxylic acids is 1. The fourth-order valence-corrected chi connectivity index (χ4v) is 1.63. The maximum Gasteiger partial charge on any atom is 0.309 e. The van der Waals surface area contributed by atoms with E-state index in [0.29, 0.717) is 0 Å². The molecule has 1 aliphatic rings. The summed E-state index contributed by atoms with van der Waals surface area (Å²) in [6.07, 6.45) is 2.54. The van der Waals surface area contributed by atoms with Crippen LogP contribution in [0.4, 0.5) is 0 Å². The topological polar surface area (TPSA) is 29.5 Å². The van der Waals surface area contributed by atoms with E-state index in [4.69, 9.17) is 0 Å². The summed E-state index contributed by atoms with van der Waals surface area (Å²) in [4.78, 5) is 13.4. The number of nitrogens with zero attached hydrogens (tertiary/aromatic N) is 1. The van der Waals surface area contributed by atoms with Crippen LogP contribution >= 0.6 is 12.4 Å². The lowest BCUT2D eigenvalue weighted by Gasteiger charge is -2.17. The standard InChI is InChI=1S/C9H17NO2.ClH/c1-8(9(11)12-2)7-10-5-3-4-6-10;/h8H,3-7H2,1-2H3;1H. The van der Waals surface area contributed by atoms with Crippen LogP contribution in [0.5, 0.6) is 0 Å². The highest BCUT2D eigenvalue weighted by molar-refractivity contribution is 5.85. The molecule has 13 heavy (non-hydrogen) atoms. The molecule has 1 atom stereocenters. The Kier molecular flexibility index (Phi) is 6.08. The molecule has 1 rings (SSSR count). The molecular formula is C9H18ClNO2. The third-order valence-electron chi connectivity index (χ3n) is 2.33. The molecule has 4 heteroatoms. The highest BCUT2D eigenvalue weighted by Gasteiger charge is 2.19. The molecule has 0 aliphatic carbocycles. The number of ether oxygens (including phenoxy) is 1. The van der Waals surface area contributed by atoms with Gasteiger partial charge in [0, 0.05) is 6.54 Å². The number of carbonyl (C=O) groups is 1. The van der Waals surface area contributed by atoms with E-state index in [2.05, 4.69) is 9.64 Å². The van der Waals surface area contributed by atoms with Gasteiger partial charge in [-0.25, -0.2) is 0 Å². The van der Waals surface area contributed by atoms with Gasteiger partial charge in [0.1, 0.15) is 0 Å². The second-order valence-electron chi connectivity index (χ2n) is 3.43. The van der Waals surface area contributed by atoms with Crippen molar-refractivity contribution < 1.29 is 9.53 Å². The van der Waals surface area contributed by atoms with Crippen LogP contribution in [0.15, 0.2) is 0 Å². The maximum atomic E-state index is 11.1. The van der Waals surface area contributed by atoms with E-state index in [1.165, 1.54) is 20.0 Å². The Morgan fingerprint density at radius 1 is 1.46 bits per heavy atom. The Balaban J connectivity index is 0.00000144. The fraction of sp³-hybridized carbons (Fsp3) is 0.889. The van der Waals surface area contributed by atoms with Gasteiger partial charge in [-0.05, 0) is 25.9 Å². The average Bonchev–Trinajstić information content (AvgIpc) is 2.55. The SMILES string of the molecule is COC(=O)C(C)CN1CCCC1.Cl. The van der Waals surface area contributed by atoms with Crippen LogP contribution in [0, 0.1) is 5.92 Å². The van der Waals surface area contributed by atoms with Crippen LogP contribution < -0.4 is 0 Å². The Labute approximate surface area is 85.8 Å². The maximum absolute atomic E-state index is 11.1. The minimum absolute atomic E-state index is 0. The van der Waals surface area contributed by atoms with E-state index in [1.807, 2.05) is 6.92 Å². The van der Waals surface area contributed by atoms with Crippen LogP contribution in [0.1, 0.15) is 19.8 Å². The first kappa shape index (κ1) is 12.7.